The van der Waals surface area contributed by atoms with E-state index in [1.807, 2.05) is 48.5 Å². The molecule has 0 saturated carbocycles. The van der Waals surface area contributed by atoms with Crippen molar-refractivity contribution in [1.82, 2.24) is 5.32 Å². The zero-order chi connectivity index (χ0) is 15.9. The van der Waals surface area contributed by atoms with Crippen molar-refractivity contribution in [2.24, 2.45) is 0 Å². The van der Waals surface area contributed by atoms with Crippen LogP contribution in [0.5, 0.6) is 5.75 Å². The van der Waals surface area contributed by atoms with Crippen LogP contribution in [-0.4, -0.2) is 23.8 Å². The summed E-state index contributed by atoms with van der Waals surface area (Å²) in [6.45, 7) is 2.23. The summed E-state index contributed by atoms with van der Waals surface area (Å²) in [6, 6.07) is 15.8. The molecule has 0 fully saturated rings. The van der Waals surface area contributed by atoms with Gasteiger partial charge in [-0.2, -0.15) is 0 Å². The molecule has 0 bridgehead atoms. The smallest absolute Gasteiger partial charge is 0.404 e. The molecule has 0 radical (unpaired) electrons. The maximum atomic E-state index is 10.5. The molecule has 1 amide bonds. The quantitative estimate of drug-likeness (QED) is 0.704. The number of amides is 1. The molecule has 2 aromatic rings. The molecule has 0 spiro atoms. The minimum Gasteiger partial charge on any atom is -0.492 e. The Bertz CT molecular complexity index is 631. The highest BCUT2D eigenvalue weighted by Gasteiger charge is 2.07. The second kappa shape index (κ2) is 7.75. The van der Waals surface area contributed by atoms with Crippen molar-refractivity contribution < 1.29 is 14.6 Å². The highest BCUT2D eigenvalue weighted by Crippen LogP contribution is 2.29. The summed E-state index contributed by atoms with van der Waals surface area (Å²) < 4.78 is 5.67. The molecule has 0 aromatic heterocycles. The molecule has 1 unspecified atom stereocenters. The zero-order valence-corrected chi connectivity index (χ0v) is 13.2. The number of thiol groups is 1. The monoisotopic (exact) mass is 317 g/mol. The molecule has 0 aliphatic carbocycles. The lowest BCUT2D eigenvalue weighted by Crippen LogP contribution is -2.32. The average Bonchev–Trinajstić information content (AvgIpc) is 2.49. The molecule has 4 nitrogen and oxygen atoms in total. The summed E-state index contributed by atoms with van der Waals surface area (Å²) in [4.78, 5) is 11.3. The van der Waals surface area contributed by atoms with E-state index in [1.54, 1.807) is 6.92 Å². The SMILES string of the molecule is CC(CCOc1ccc(-c2ccccc2)cc1S)NC(=O)O. The van der Waals surface area contributed by atoms with Gasteiger partial charge in [0, 0.05) is 17.4 Å². The average molecular weight is 317 g/mol. The van der Waals surface area contributed by atoms with E-state index in [-0.39, 0.29) is 6.04 Å². The van der Waals surface area contributed by atoms with Crippen molar-refractivity contribution in [3.8, 4) is 16.9 Å². The van der Waals surface area contributed by atoms with Crippen LogP contribution >= 0.6 is 12.6 Å². The van der Waals surface area contributed by atoms with Crippen molar-refractivity contribution in [3.63, 3.8) is 0 Å². The van der Waals surface area contributed by atoms with E-state index in [0.717, 1.165) is 16.0 Å². The van der Waals surface area contributed by atoms with Crippen LogP contribution in [0.15, 0.2) is 53.4 Å². The number of ether oxygens (including phenoxy) is 1. The largest absolute Gasteiger partial charge is 0.492 e. The number of rotatable bonds is 6. The normalized spacial score (nSPS) is 11.7. The Morgan fingerprint density at radius 3 is 2.59 bits per heavy atom. The first-order chi connectivity index (χ1) is 10.6. The minimum atomic E-state index is -1.02. The third-order valence-corrected chi connectivity index (χ3v) is 3.59. The molecule has 1 atom stereocenters. The highest BCUT2D eigenvalue weighted by molar-refractivity contribution is 7.80. The van der Waals surface area contributed by atoms with Gasteiger partial charge in [0.15, 0.2) is 0 Å². The predicted molar refractivity (Wildman–Crippen MR) is 89.9 cm³/mol. The van der Waals surface area contributed by atoms with Crippen LogP contribution in [0.1, 0.15) is 13.3 Å². The van der Waals surface area contributed by atoms with Crippen LogP contribution < -0.4 is 10.1 Å². The summed E-state index contributed by atoms with van der Waals surface area (Å²) in [6.07, 6.45) is -0.422. The van der Waals surface area contributed by atoms with E-state index in [2.05, 4.69) is 17.9 Å². The maximum absolute atomic E-state index is 10.5. The number of carboxylic acid groups (broad SMARTS) is 1. The van der Waals surface area contributed by atoms with Crippen LogP contribution in [0.3, 0.4) is 0 Å². The molecular weight excluding hydrogens is 298 g/mol. The third kappa shape index (κ3) is 4.70. The van der Waals surface area contributed by atoms with Gasteiger partial charge in [0.05, 0.1) is 6.61 Å². The minimum absolute atomic E-state index is 0.149. The van der Waals surface area contributed by atoms with Gasteiger partial charge in [-0.1, -0.05) is 36.4 Å². The van der Waals surface area contributed by atoms with Gasteiger partial charge in [-0.15, -0.1) is 12.6 Å². The second-order valence-corrected chi connectivity index (χ2v) is 5.52. The fourth-order valence-electron chi connectivity index (χ4n) is 2.08. The molecule has 2 aromatic carbocycles. The summed E-state index contributed by atoms with van der Waals surface area (Å²) in [5.74, 6) is 0.700. The summed E-state index contributed by atoms with van der Waals surface area (Å²) >= 11 is 4.46. The van der Waals surface area contributed by atoms with Gasteiger partial charge in [0.1, 0.15) is 5.75 Å². The first-order valence-corrected chi connectivity index (χ1v) is 7.51. The van der Waals surface area contributed by atoms with E-state index >= 15 is 0 Å². The molecular formula is C17H19NO3S. The van der Waals surface area contributed by atoms with Crippen LogP contribution in [0, 0.1) is 0 Å². The lowest BCUT2D eigenvalue weighted by Gasteiger charge is -2.14. The van der Waals surface area contributed by atoms with Crippen molar-refractivity contribution in [2.75, 3.05) is 6.61 Å². The lowest BCUT2D eigenvalue weighted by atomic mass is 10.1. The number of benzene rings is 2. The van der Waals surface area contributed by atoms with Crippen LogP contribution in [0.4, 0.5) is 4.79 Å². The Morgan fingerprint density at radius 1 is 1.23 bits per heavy atom. The maximum Gasteiger partial charge on any atom is 0.404 e. The number of hydrogen-bond acceptors (Lipinski definition) is 3. The Balaban J connectivity index is 1.94. The van der Waals surface area contributed by atoms with Crippen LogP contribution in [0.2, 0.25) is 0 Å². The topological polar surface area (TPSA) is 58.6 Å². The molecule has 0 heterocycles. The van der Waals surface area contributed by atoms with Crippen molar-refractivity contribution in [3.05, 3.63) is 48.5 Å². The van der Waals surface area contributed by atoms with E-state index in [1.165, 1.54) is 0 Å². The van der Waals surface area contributed by atoms with Crippen LogP contribution in [0.25, 0.3) is 11.1 Å². The molecule has 0 saturated heterocycles. The van der Waals surface area contributed by atoms with Gasteiger partial charge in [-0.3, -0.25) is 0 Å². The van der Waals surface area contributed by atoms with Gasteiger partial charge < -0.3 is 15.2 Å². The van der Waals surface area contributed by atoms with Crippen LogP contribution in [-0.2, 0) is 0 Å². The van der Waals surface area contributed by atoms with Crippen molar-refractivity contribution >= 4 is 18.7 Å². The van der Waals surface area contributed by atoms with Gasteiger partial charge in [-0.05, 0) is 30.2 Å². The Hall–Kier alpha value is -2.14. The molecule has 5 heteroatoms. The van der Waals surface area contributed by atoms with E-state index in [9.17, 15) is 4.79 Å². The summed E-state index contributed by atoms with van der Waals surface area (Å²) in [5.41, 5.74) is 2.21. The van der Waals surface area contributed by atoms with E-state index < -0.39 is 6.09 Å². The van der Waals surface area contributed by atoms with Crippen molar-refractivity contribution in [2.45, 2.75) is 24.3 Å². The molecule has 2 rings (SSSR count). The fourth-order valence-corrected chi connectivity index (χ4v) is 2.36. The standard InChI is InChI=1S/C17H19NO3S/c1-12(18-17(19)20)9-10-21-15-8-7-14(11-16(15)22)13-5-3-2-4-6-13/h2-8,11-12,18,22H,9-10H2,1H3,(H,19,20). The van der Waals surface area contributed by atoms with Gasteiger partial charge in [0.2, 0.25) is 0 Å². The lowest BCUT2D eigenvalue weighted by molar-refractivity contribution is 0.187. The zero-order valence-electron chi connectivity index (χ0n) is 12.3. The van der Waals surface area contributed by atoms with Gasteiger partial charge >= 0.3 is 6.09 Å². The molecule has 116 valence electrons. The second-order valence-electron chi connectivity index (χ2n) is 5.04. The van der Waals surface area contributed by atoms with E-state index in [0.29, 0.717) is 18.8 Å². The fraction of sp³-hybridized carbons (Fsp3) is 0.235. The highest BCUT2D eigenvalue weighted by atomic mass is 32.1. The molecule has 0 aliphatic heterocycles. The summed E-state index contributed by atoms with van der Waals surface area (Å²) in [7, 11) is 0. The number of hydrogen-bond donors (Lipinski definition) is 3. The van der Waals surface area contributed by atoms with E-state index in [4.69, 9.17) is 9.84 Å². The number of nitrogens with one attached hydrogen (secondary N) is 1. The summed E-state index contributed by atoms with van der Waals surface area (Å²) in [5, 5.41) is 11.0. The Labute approximate surface area is 135 Å². The first kappa shape index (κ1) is 16.2. The third-order valence-electron chi connectivity index (χ3n) is 3.24. The Kier molecular flexibility index (Phi) is 5.72. The molecule has 0 aliphatic rings. The first-order valence-electron chi connectivity index (χ1n) is 7.07. The predicted octanol–water partition coefficient (Wildman–Crippen LogP) is 4.07. The molecule has 22 heavy (non-hydrogen) atoms. The van der Waals surface area contributed by atoms with Gasteiger partial charge in [-0.25, -0.2) is 4.79 Å². The Morgan fingerprint density at radius 2 is 1.95 bits per heavy atom. The van der Waals surface area contributed by atoms with Gasteiger partial charge in [0.25, 0.3) is 0 Å². The number of carbonyl (C=O) groups is 1. The van der Waals surface area contributed by atoms with Crippen molar-refractivity contribution in [1.29, 1.82) is 0 Å². The molecule has 2 N–H and O–H groups in total.